The molecule has 2 aliphatic heterocycles. The van der Waals surface area contributed by atoms with Crippen LogP contribution < -0.4 is 24.2 Å². The molecule has 0 N–H and O–H groups in total. The summed E-state index contributed by atoms with van der Waals surface area (Å²) in [5.41, 5.74) is 26.6. The quantitative estimate of drug-likeness (QED) is 0.129. The minimum Gasteiger partial charge on any atom is -0.455 e. The molecule has 5 nitrogen and oxygen atoms in total. The van der Waals surface area contributed by atoms with Gasteiger partial charge in [-0.3, -0.25) is 0 Å². The normalized spacial score (nSPS) is 14.0. The van der Waals surface area contributed by atoms with Crippen LogP contribution >= 0.6 is 0 Å². The highest BCUT2D eigenvalue weighted by atomic mass is 16.5. The summed E-state index contributed by atoms with van der Waals surface area (Å²) in [5, 5.41) is 13.3. The number of benzene rings is 21. The van der Waals surface area contributed by atoms with Gasteiger partial charge in [-0.25, -0.2) is 0 Å². The molecular formula is C116H73N3O2. The van der Waals surface area contributed by atoms with Gasteiger partial charge in [0.05, 0.1) is 33.6 Å². The maximum atomic E-state index is 7.83. The van der Waals surface area contributed by atoms with Crippen molar-refractivity contribution in [3.63, 3.8) is 0 Å². The van der Waals surface area contributed by atoms with Crippen LogP contribution in [-0.4, -0.2) is 0 Å². The van der Waals surface area contributed by atoms with Crippen molar-refractivity contribution in [3.8, 4) is 67.5 Å². The van der Waals surface area contributed by atoms with Crippen LogP contribution in [0.25, 0.3) is 109 Å². The maximum Gasteiger partial charge on any atom is 0.140 e. The summed E-state index contributed by atoms with van der Waals surface area (Å²) < 4.78 is 15.3. The molecule has 1 unspecified atom stereocenters. The van der Waals surface area contributed by atoms with Gasteiger partial charge in [0.2, 0.25) is 0 Å². The van der Waals surface area contributed by atoms with Crippen LogP contribution in [0, 0.1) is 0 Å². The lowest BCUT2D eigenvalue weighted by molar-refractivity contribution is 0.447. The Kier molecular flexibility index (Phi) is 15.2. The van der Waals surface area contributed by atoms with E-state index in [0.717, 1.165) is 172 Å². The van der Waals surface area contributed by atoms with Crippen LogP contribution in [0.4, 0.5) is 51.2 Å². The summed E-state index contributed by atoms with van der Waals surface area (Å²) in [6, 6.07) is 164. The second-order valence-electron chi connectivity index (χ2n) is 32.4. The number of nitrogens with zero attached hydrogens (tertiary/aromatic N) is 3. The predicted molar refractivity (Wildman–Crippen MR) is 501 cm³/mol. The zero-order chi connectivity index (χ0) is 79.4. The predicted octanol–water partition coefficient (Wildman–Crippen LogP) is 31.3. The van der Waals surface area contributed by atoms with Crippen molar-refractivity contribution in [1.29, 1.82) is 0 Å². The van der Waals surface area contributed by atoms with Gasteiger partial charge in [-0.05, 0) is 185 Å². The first kappa shape index (κ1) is 68.4. The second kappa shape index (κ2) is 26.9. The zero-order valence-corrected chi connectivity index (χ0v) is 65.8. The molecule has 0 radical (unpaired) electrons. The van der Waals surface area contributed by atoms with E-state index in [1.54, 1.807) is 0 Å². The summed E-state index contributed by atoms with van der Waals surface area (Å²) in [6.45, 7) is 0. The third-order valence-corrected chi connectivity index (χ3v) is 26.3. The minimum absolute atomic E-state index is 0.752. The molecule has 25 rings (SSSR count). The van der Waals surface area contributed by atoms with Gasteiger partial charge in [0.25, 0.3) is 0 Å². The molecular weight excluding hydrogens is 1470 g/mol. The topological polar surface area (TPSA) is 28.2 Å². The lowest BCUT2D eigenvalue weighted by atomic mass is 9.65. The monoisotopic (exact) mass is 1540 g/mol. The van der Waals surface area contributed by atoms with Gasteiger partial charge in [-0.15, -0.1) is 0 Å². The SMILES string of the molecule is c1ccc(-c2ccc(N(c3cccc4c3-c3ccccc3C43c4ccc5ccccc5c4Oc4c3ccc3ccccc43)c3cccc4cc(-c5ccc6ccc7c(c6c5)Oc5c(ccc6ccccc56)C75c6ccccc6-c6c(N(c7ccc(N(c8ccccc8)c8ccccc8)cc7)c7cccc8ccccc78)cccc65)ccc34)cc2)cc1. The van der Waals surface area contributed by atoms with Gasteiger partial charge in [0, 0.05) is 94.1 Å². The average Bonchev–Trinajstić information content (AvgIpc) is 1.54. The first-order valence-electron chi connectivity index (χ1n) is 41.8. The number of fused-ring (bicyclic) bond motifs is 28. The second-order valence-corrected chi connectivity index (χ2v) is 32.4. The van der Waals surface area contributed by atoms with E-state index in [1.807, 2.05) is 0 Å². The van der Waals surface area contributed by atoms with Gasteiger partial charge < -0.3 is 24.2 Å². The van der Waals surface area contributed by atoms with Gasteiger partial charge in [0.1, 0.15) is 23.0 Å². The summed E-state index contributed by atoms with van der Waals surface area (Å²) in [5.74, 6) is 3.50. The van der Waals surface area contributed by atoms with Gasteiger partial charge in [0.15, 0.2) is 0 Å². The number of ether oxygens (including phenoxy) is 2. The van der Waals surface area contributed by atoms with Crippen molar-refractivity contribution in [2.24, 2.45) is 0 Å². The standard InChI is InChI=1S/C116H73N3O2/c1-4-26-74(27-5-1)75-54-61-87(62-55-75)118(107-50-24-46-99-109(107)94-42-18-20-44-97(94)115(99)101-68-57-77-29-11-15-39-91(77)111(101)120-112-92-40-16-12-30-78(92)58-69-102(112)115)106-49-23-33-83-72-81(56-67-90(83)106)82-53-52-80-60-71-104-114(96(80)73-82)121-113-93-41-17-13-31-79(93)59-70-103(113)116(104)98-45-21-19-43-95(98)110-100(116)47-25-51-108(110)119(105-48-22-32-76-28-10-14-38-89(76)105)88-65-63-86(64-66-88)117(84-34-6-2-7-35-84)85-36-8-3-9-37-85/h1-73H. The Hall–Kier alpha value is -15.8. The molecule has 0 saturated heterocycles. The fraction of sp³-hybridized carbons (Fsp3) is 0.0172. The summed E-state index contributed by atoms with van der Waals surface area (Å²) >= 11 is 0. The highest BCUT2D eigenvalue weighted by Gasteiger charge is 2.55. The third-order valence-electron chi connectivity index (χ3n) is 26.3. The number of para-hydroxylation sites is 2. The van der Waals surface area contributed by atoms with Crippen molar-refractivity contribution < 1.29 is 9.47 Å². The Morgan fingerprint density at radius 3 is 0.967 bits per heavy atom. The Labute approximate surface area is 701 Å². The van der Waals surface area contributed by atoms with Gasteiger partial charge >= 0.3 is 0 Å². The van der Waals surface area contributed by atoms with E-state index >= 15 is 0 Å². The van der Waals surface area contributed by atoms with Crippen molar-refractivity contribution in [1.82, 2.24) is 0 Å². The summed E-state index contributed by atoms with van der Waals surface area (Å²) in [7, 11) is 0. The number of hydrogen-bond acceptors (Lipinski definition) is 5. The maximum absolute atomic E-state index is 7.83. The molecule has 0 saturated carbocycles. The first-order valence-corrected chi connectivity index (χ1v) is 41.8. The molecule has 2 aliphatic carbocycles. The molecule has 5 heteroatoms. The number of hydrogen-bond donors (Lipinski definition) is 0. The van der Waals surface area contributed by atoms with E-state index in [4.69, 9.17) is 9.47 Å². The Morgan fingerprint density at radius 2 is 0.471 bits per heavy atom. The first-order chi connectivity index (χ1) is 60.0. The van der Waals surface area contributed by atoms with Crippen molar-refractivity contribution in [2.45, 2.75) is 10.8 Å². The molecule has 0 aromatic heterocycles. The van der Waals surface area contributed by atoms with Gasteiger partial charge in [-0.1, -0.05) is 346 Å². The zero-order valence-electron chi connectivity index (χ0n) is 65.8. The van der Waals surface area contributed by atoms with Crippen LogP contribution in [0.5, 0.6) is 23.0 Å². The van der Waals surface area contributed by atoms with E-state index in [9.17, 15) is 0 Å². The minimum atomic E-state index is -0.836. The fourth-order valence-corrected chi connectivity index (χ4v) is 21.1. The molecule has 21 aromatic rings. The third kappa shape index (κ3) is 10.1. The van der Waals surface area contributed by atoms with Gasteiger partial charge in [-0.2, -0.15) is 0 Å². The molecule has 4 aliphatic rings. The summed E-state index contributed by atoms with van der Waals surface area (Å²) in [4.78, 5) is 7.37. The van der Waals surface area contributed by atoms with Crippen LogP contribution in [0.3, 0.4) is 0 Å². The van der Waals surface area contributed by atoms with E-state index in [0.29, 0.717) is 0 Å². The van der Waals surface area contributed by atoms with Crippen LogP contribution in [0.15, 0.2) is 443 Å². The average molecular weight is 1540 g/mol. The van der Waals surface area contributed by atoms with E-state index in [1.165, 1.54) is 55.5 Å². The largest absolute Gasteiger partial charge is 0.455 e. The van der Waals surface area contributed by atoms with E-state index in [2.05, 4.69) is 458 Å². The smallest absolute Gasteiger partial charge is 0.140 e. The number of anilines is 9. The molecule has 0 bridgehead atoms. The van der Waals surface area contributed by atoms with Crippen LogP contribution in [-0.2, 0) is 10.8 Å². The highest BCUT2D eigenvalue weighted by molar-refractivity contribution is 6.10. The van der Waals surface area contributed by atoms with E-state index < -0.39 is 10.8 Å². The highest BCUT2D eigenvalue weighted by Crippen LogP contribution is 2.69. The number of rotatable bonds is 11. The Morgan fingerprint density at radius 1 is 0.165 bits per heavy atom. The lowest BCUT2D eigenvalue weighted by Crippen LogP contribution is -2.32. The van der Waals surface area contributed by atoms with Crippen LogP contribution in [0.1, 0.15) is 44.5 Å². The molecule has 21 aromatic carbocycles. The van der Waals surface area contributed by atoms with Crippen LogP contribution in [0.2, 0.25) is 0 Å². The lowest BCUT2D eigenvalue weighted by Gasteiger charge is -2.40. The molecule has 0 amide bonds. The molecule has 1 atom stereocenters. The molecule has 121 heavy (non-hydrogen) atoms. The molecule has 2 spiro atoms. The Bertz CT molecular complexity index is 7730. The summed E-state index contributed by atoms with van der Waals surface area (Å²) in [6.07, 6.45) is 0. The molecule has 564 valence electrons. The van der Waals surface area contributed by atoms with Crippen molar-refractivity contribution in [2.75, 3.05) is 14.7 Å². The van der Waals surface area contributed by atoms with E-state index in [-0.39, 0.29) is 0 Å². The molecule has 0 fully saturated rings. The van der Waals surface area contributed by atoms with Crippen molar-refractivity contribution in [3.05, 3.63) is 487 Å². The Balaban J connectivity index is 0.664. The van der Waals surface area contributed by atoms with Crippen molar-refractivity contribution >= 4 is 116 Å². The fourth-order valence-electron chi connectivity index (χ4n) is 21.1. The molecule has 2 heterocycles.